The fourth-order valence-corrected chi connectivity index (χ4v) is 4.19. The van der Waals surface area contributed by atoms with Gasteiger partial charge in [-0.15, -0.1) is 0 Å². The lowest BCUT2D eigenvalue weighted by Crippen LogP contribution is -2.41. The van der Waals surface area contributed by atoms with E-state index in [1.807, 2.05) is 53.4 Å². The number of carboxylic acids is 1. The molecule has 0 heterocycles. The second-order valence-corrected chi connectivity index (χ2v) is 9.11. The van der Waals surface area contributed by atoms with Crippen molar-refractivity contribution in [3.8, 4) is 0 Å². The molecule has 2 amide bonds. The average Bonchev–Trinajstić information content (AvgIpc) is 2.78. The van der Waals surface area contributed by atoms with Gasteiger partial charge in [-0.2, -0.15) is 0 Å². The summed E-state index contributed by atoms with van der Waals surface area (Å²) in [5, 5.41) is 11.9. The van der Waals surface area contributed by atoms with Crippen LogP contribution in [0.5, 0.6) is 0 Å². The number of hydrogen-bond acceptors (Lipinski definition) is 3. The molecule has 2 aromatic rings. The highest BCUT2D eigenvalue weighted by Crippen LogP contribution is 2.29. The van der Waals surface area contributed by atoms with E-state index in [0.29, 0.717) is 6.54 Å². The Kier molecular flexibility index (Phi) is 11.7. The number of amides is 2. The zero-order valence-corrected chi connectivity index (χ0v) is 20.1. The van der Waals surface area contributed by atoms with Crippen molar-refractivity contribution >= 4 is 29.4 Å². The number of nitrogens with one attached hydrogen (secondary N) is 1. The average molecular weight is 457 g/mol. The molecule has 0 saturated heterocycles. The maximum Gasteiger partial charge on any atom is 0.321 e. The van der Waals surface area contributed by atoms with E-state index in [2.05, 4.69) is 19.2 Å². The third-order valence-corrected chi connectivity index (χ3v) is 6.22. The first-order valence-corrected chi connectivity index (χ1v) is 12.5. The number of anilines is 1. The summed E-state index contributed by atoms with van der Waals surface area (Å²) in [4.78, 5) is 27.6. The Labute approximate surface area is 196 Å². The molecular formula is C26H36N2O3S. The molecular weight excluding hydrogens is 420 g/mol. The zero-order valence-electron chi connectivity index (χ0n) is 19.3. The van der Waals surface area contributed by atoms with Crippen molar-refractivity contribution in [2.24, 2.45) is 0 Å². The maximum absolute atomic E-state index is 12.8. The molecule has 0 fully saturated rings. The summed E-state index contributed by atoms with van der Waals surface area (Å²) in [6, 6.07) is 15.7. The van der Waals surface area contributed by atoms with E-state index in [1.54, 1.807) is 11.8 Å². The molecule has 2 rings (SSSR count). The monoisotopic (exact) mass is 456 g/mol. The van der Waals surface area contributed by atoms with Crippen molar-refractivity contribution in [1.82, 2.24) is 5.32 Å². The molecule has 0 aliphatic rings. The summed E-state index contributed by atoms with van der Waals surface area (Å²) in [6.45, 7) is 5.75. The van der Waals surface area contributed by atoms with Crippen molar-refractivity contribution < 1.29 is 14.7 Å². The minimum atomic E-state index is -0.824. The second-order valence-electron chi connectivity index (χ2n) is 7.96. The fraction of sp³-hybridized carbons (Fsp3) is 0.462. The number of rotatable bonds is 14. The molecule has 0 aromatic heterocycles. The Morgan fingerprint density at radius 1 is 0.844 bits per heavy atom. The fourth-order valence-electron chi connectivity index (χ4n) is 3.37. The van der Waals surface area contributed by atoms with Gasteiger partial charge in [-0.05, 0) is 54.8 Å². The van der Waals surface area contributed by atoms with E-state index in [0.717, 1.165) is 53.3 Å². The van der Waals surface area contributed by atoms with Gasteiger partial charge in [-0.3, -0.25) is 9.69 Å². The minimum absolute atomic E-state index is 0.0247. The summed E-state index contributed by atoms with van der Waals surface area (Å²) in [7, 11) is 0. The maximum atomic E-state index is 12.8. The van der Waals surface area contributed by atoms with Crippen LogP contribution in [0.25, 0.3) is 0 Å². The smallest absolute Gasteiger partial charge is 0.321 e. The van der Waals surface area contributed by atoms with Crippen molar-refractivity contribution in [2.75, 3.05) is 18.0 Å². The van der Waals surface area contributed by atoms with Crippen LogP contribution < -0.4 is 10.2 Å². The van der Waals surface area contributed by atoms with Gasteiger partial charge in [0.2, 0.25) is 0 Å². The molecule has 2 N–H and O–H groups in total. The Balaban J connectivity index is 2.01. The van der Waals surface area contributed by atoms with E-state index in [9.17, 15) is 9.59 Å². The van der Waals surface area contributed by atoms with Gasteiger partial charge in [0, 0.05) is 28.6 Å². The number of carbonyl (C=O) groups excluding carboxylic acids is 1. The van der Waals surface area contributed by atoms with Crippen molar-refractivity contribution in [2.45, 2.75) is 75.0 Å². The first-order valence-electron chi connectivity index (χ1n) is 11.7. The predicted octanol–water partition coefficient (Wildman–Crippen LogP) is 6.75. The molecule has 6 heteroatoms. The highest BCUT2D eigenvalue weighted by atomic mass is 32.2. The van der Waals surface area contributed by atoms with Crippen LogP contribution in [-0.4, -0.2) is 30.2 Å². The first kappa shape index (κ1) is 25.8. The van der Waals surface area contributed by atoms with Crippen LogP contribution in [0.4, 0.5) is 10.5 Å². The van der Waals surface area contributed by atoms with Gasteiger partial charge in [0.05, 0.1) is 6.42 Å². The Hall–Kier alpha value is -2.47. The van der Waals surface area contributed by atoms with Crippen LogP contribution in [0.3, 0.4) is 0 Å². The lowest BCUT2D eigenvalue weighted by atomic mass is 10.1. The van der Waals surface area contributed by atoms with E-state index < -0.39 is 5.97 Å². The van der Waals surface area contributed by atoms with Crippen LogP contribution in [0.15, 0.2) is 58.3 Å². The summed E-state index contributed by atoms with van der Waals surface area (Å²) in [5.41, 5.74) is 1.71. The van der Waals surface area contributed by atoms with Gasteiger partial charge in [-0.25, -0.2) is 4.79 Å². The van der Waals surface area contributed by atoms with E-state index in [-0.39, 0.29) is 12.5 Å². The number of carboxylic acid groups (broad SMARTS) is 1. The molecule has 0 unspecified atom stereocenters. The predicted molar refractivity (Wildman–Crippen MR) is 133 cm³/mol. The number of hydrogen-bond donors (Lipinski definition) is 2. The SMILES string of the molecule is CCCCCCCN(C(=O)NCCCC)c1ccc(Sc2ccc(CC(=O)O)cc2)cc1. The topological polar surface area (TPSA) is 69.6 Å². The van der Waals surface area contributed by atoms with E-state index in [1.165, 1.54) is 19.3 Å². The van der Waals surface area contributed by atoms with Gasteiger partial charge in [-0.1, -0.05) is 69.8 Å². The summed E-state index contributed by atoms with van der Waals surface area (Å²) < 4.78 is 0. The van der Waals surface area contributed by atoms with Gasteiger partial charge < -0.3 is 10.4 Å². The largest absolute Gasteiger partial charge is 0.481 e. The molecule has 174 valence electrons. The summed E-state index contributed by atoms with van der Waals surface area (Å²) in [5.74, 6) is -0.824. The van der Waals surface area contributed by atoms with E-state index in [4.69, 9.17) is 5.11 Å². The number of unbranched alkanes of at least 4 members (excludes halogenated alkanes) is 5. The Morgan fingerprint density at radius 2 is 1.44 bits per heavy atom. The van der Waals surface area contributed by atoms with Crippen molar-refractivity contribution in [3.05, 3.63) is 54.1 Å². The molecule has 2 aromatic carbocycles. The number of aliphatic carboxylic acids is 1. The highest BCUT2D eigenvalue weighted by molar-refractivity contribution is 7.99. The summed E-state index contributed by atoms with van der Waals surface area (Å²) in [6.07, 6.45) is 7.88. The van der Waals surface area contributed by atoms with Crippen LogP contribution in [-0.2, 0) is 11.2 Å². The molecule has 0 radical (unpaired) electrons. The standard InChI is InChI=1S/C26H36N2O3S/c1-3-5-7-8-9-19-28(26(31)27-18-6-4-2)22-12-16-24(17-13-22)32-23-14-10-21(11-15-23)20-25(29)30/h10-17H,3-9,18-20H2,1-2H3,(H,27,31)(H,29,30). The second kappa shape index (κ2) is 14.6. The molecule has 0 aliphatic heterocycles. The van der Waals surface area contributed by atoms with Crippen molar-refractivity contribution in [3.63, 3.8) is 0 Å². The van der Waals surface area contributed by atoms with Crippen LogP contribution in [0.1, 0.15) is 64.4 Å². The molecule has 0 bridgehead atoms. The van der Waals surface area contributed by atoms with Gasteiger partial charge in [0.15, 0.2) is 0 Å². The lowest BCUT2D eigenvalue weighted by molar-refractivity contribution is -0.136. The Bertz CT molecular complexity index is 822. The van der Waals surface area contributed by atoms with Crippen LogP contribution in [0.2, 0.25) is 0 Å². The molecule has 0 aliphatic carbocycles. The molecule has 0 spiro atoms. The lowest BCUT2D eigenvalue weighted by Gasteiger charge is -2.23. The zero-order chi connectivity index (χ0) is 23.2. The molecule has 0 saturated carbocycles. The third kappa shape index (κ3) is 9.35. The number of urea groups is 1. The third-order valence-electron chi connectivity index (χ3n) is 5.20. The summed E-state index contributed by atoms with van der Waals surface area (Å²) >= 11 is 1.62. The number of benzene rings is 2. The number of carbonyl (C=O) groups is 2. The highest BCUT2D eigenvalue weighted by Gasteiger charge is 2.15. The molecule has 0 atom stereocenters. The number of nitrogens with zero attached hydrogens (tertiary/aromatic N) is 1. The van der Waals surface area contributed by atoms with Gasteiger partial charge >= 0.3 is 12.0 Å². The first-order chi connectivity index (χ1) is 15.5. The van der Waals surface area contributed by atoms with E-state index >= 15 is 0 Å². The van der Waals surface area contributed by atoms with Gasteiger partial charge in [0.1, 0.15) is 0 Å². The Morgan fingerprint density at radius 3 is 2.03 bits per heavy atom. The minimum Gasteiger partial charge on any atom is -0.481 e. The normalized spacial score (nSPS) is 10.7. The van der Waals surface area contributed by atoms with Gasteiger partial charge in [0.25, 0.3) is 0 Å². The van der Waals surface area contributed by atoms with Crippen molar-refractivity contribution in [1.29, 1.82) is 0 Å². The molecule has 5 nitrogen and oxygen atoms in total. The quantitative estimate of drug-likeness (QED) is 0.308. The van der Waals surface area contributed by atoms with Crippen LogP contribution >= 0.6 is 11.8 Å². The molecule has 32 heavy (non-hydrogen) atoms. The van der Waals surface area contributed by atoms with Crippen LogP contribution in [0, 0.1) is 0 Å².